The zero-order chi connectivity index (χ0) is 12.2. The molecule has 0 radical (unpaired) electrons. The van der Waals surface area contributed by atoms with Gasteiger partial charge in [-0.1, -0.05) is 12.0 Å². The Morgan fingerprint density at radius 1 is 1.38 bits per heavy atom. The van der Waals surface area contributed by atoms with Crippen molar-refractivity contribution in [2.24, 2.45) is 0 Å². The predicted octanol–water partition coefficient (Wildman–Crippen LogP) is 2.09. The van der Waals surface area contributed by atoms with Crippen LogP contribution in [0, 0.1) is 11.8 Å². The smallest absolute Gasteiger partial charge is 0.385 e. The Morgan fingerprint density at radius 3 is 2.62 bits per heavy atom. The summed E-state index contributed by atoms with van der Waals surface area (Å²) in [5.74, 6) is 4.53. The third-order valence-corrected chi connectivity index (χ3v) is 1.55. The third kappa shape index (κ3) is 4.52. The zero-order valence-corrected chi connectivity index (χ0v) is 9.57. The topological polar surface area (TPSA) is 46.5 Å². The summed E-state index contributed by atoms with van der Waals surface area (Å²) in [7, 11) is 0. The lowest BCUT2D eigenvalue weighted by Crippen LogP contribution is -2.22. The Hall–Kier alpha value is -1.95. The molecule has 0 fully saturated rings. The van der Waals surface area contributed by atoms with Crippen molar-refractivity contribution in [2.75, 3.05) is 0 Å². The number of hydrogen-bond donors (Lipinski definition) is 1. The molecule has 0 unspecified atom stereocenters. The van der Waals surface area contributed by atoms with Gasteiger partial charge >= 0.3 is 5.97 Å². The summed E-state index contributed by atoms with van der Waals surface area (Å²) in [6.07, 6.45) is 0. The number of esters is 1. The van der Waals surface area contributed by atoms with E-state index in [9.17, 15) is 9.90 Å². The van der Waals surface area contributed by atoms with Crippen molar-refractivity contribution < 1.29 is 14.6 Å². The van der Waals surface area contributed by atoms with Gasteiger partial charge in [-0.25, -0.2) is 4.79 Å². The van der Waals surface area contributed by atoms with Crippen LogP contribution in [0.3, 0.4) is 0 Å². The number of carbonyl (C=O) groups is 1. The molecule has 0 heterocycles. The molecule has 1 aromatic carbocycles. The molecule has 0 saturated carbocycles. The normalized spacial score (nSPS) is 10.2. The van der Waals surface area contributed by atoms with E-state index in [1.807, 2.05) is 0 Å². The van der Waals surface area contributed by atoms with E-state index >= 15 is 0 Å². The number of carbonyl (C=O) groups excluding carboxylic acids is 1. The maximum Gasteiger partial charge on any atom is 0.385 e. The molecule has 0 bridgehead atoms. The Balaban J connectivity index is 2.71. The monoisotopic (exact) mass is 218 g/mol. The molecule has 1 rings (SSSR count). The van der Waals surface area contributed by atoms with Crippen LogP contribution in [0.25, 0.3) is 0 Å². The summed E-state index contributed by atoms with van der Waals surface area (Å²) in [6.45, 7) is 5.34. The molecule has 0 aliphatic carbocycles. The van der Waals surface area contributed by atoms with Gasteiger partial charge in [-0.2, -0.15) is 0 Å². The van der Waals surface area contributed by atoms with E-state index in [1.165, 1.54) is 6.07 Å². The summed E-state index contributed by atoms with van der Waals surface area (Å²) >= 11 is 0. The van der Waals surface area contributed by atoms with Crippen molar-refractivity contribution in [3.63, 3.8) is 0 Å². The first-order valence-corrected chi connectivity index (χ1v) is 4.91. The minimum Gasteiger partial charge on any atom is -0.508 e. The van der Waals surface area contributed by atoms with E-state index in [0.29, 0.717) is 5.56 Å². The molecule has 0 spiro atoms. The summed E-state index contributed by atoms with van der Waals surface area (Å²) < 4.78 is 5.01. The second kappa shape index (κ2) is 4.71. The van der Waals surface area contributed by atoms with Crippen LogP contribution in [0.4, 0.5) is 0 Å². The first-order valence-electron chi connectivity index (χ1n) is 4.91. The number of phenolic OH excluding ortho intramolecular Hbond substituents is 1. The molecule has 3 nitrogen and oxygen atoms in total. The average molecular weight is 218 g/mol. The Bertz CT molecular complexity index is 444. The summed E-state index contributed by atoms with van der Waals surface area (Å²) in [5, 5.41) is 9.18. The van der Waals surface area contributed by atoms with E-state index in [0.717, 1.165) is 0 Å². The molecular formula is C13H14O3. The minimum atomic E-state index is -0.573. The first-order chi connectivity index (χ1) is 7.37. The van der Waals surface area contributed by atoms with Crippen molar-refractivity contribution in [1.82, 2.24) is 0 Å². The second-order valence-corrected chi connectivity index (χ2v) is 4.30. The van der Waals surface area contributed by atoms with Gasteiger partial charge in [0.1, 0.15) is 11.4 Å². The molecule has 16 heavy (non-hydrogen) atoms. The standard InChI is InChI=1S/C13H14O3/c1-13(2,3)16-12(15)8-7-10-5-4-6-11(14)9-10/h4-6,9,14H,1-3H3. The Labute approximate surface area is 95.1 Å². The molecule has 1 aromatic rings. The lowest BCUT2D eigenvalue weighted by Gasteiger charge is -2.16. The Kier molecular flexibility index (Phi) is 3.57. The van der Waals surface area contributed by atoms with Crippen LogP contribution in [0.1, 0.15) is 26.3 Å². The number of benzene rings is 1. The first kappa shape index (κ1) is 12.1. The van der Waals surface area contributed by atoms with Crippen LogP contribution in [0.5, 0.6) is 5.75 Å². The summed E-state index contributed by atoms with van der Waals surface area (Å²) in [4.78, 5) is 11.3. The minimum absolute atomic E-state index is 0.121. The average Bonchev–Trinajstić information content (AvgIpc) is 2.12. The van der Waals surface area contributed by atoms with Gasteiger partial charge in [0.15, 0.2) is 0 Å². The van der Waals surface area contributed by atoms with Crippen LogP contribution in [-0.4, -0.2) is 16.7 Å². The van der Waals surface area contributed by atoms with Crippen LogP contribution in [-0.2, 0) is 9.53 Å². The van der Waals surface area contributed by atoms with Crippen molar-refractivity contribution in [3.05, 3.63) is 29.8 Å². The highest BCUT2D eigenvalue weighted by molar-refractivity contribution is 5.89. The van der Waals surface area contributed by atoms with Crippen LogP contribution in [0.15, 0.2) is 24.3 Å². The van der Waals surface area contributed by atoms with Gasteiger partial charge in [-0.15, -0.1) is 0 Å². The van der Waals surface area contributed by atoms with Gasteiger partial charge in [0, 0.05) is 11.5 Å². The fourth-order valence-corrected chi connectivity index (χ4v) is 1.01. The highest BCUT2D eigenvalue weighted by atomic mass is 16.6. The van der Waals surface area contributed by atoms with Crippen LogP contribution in [0.2, 0.25) is 0 Å². The summed E-state index contributed by atoms with van der Waals surface area (Å²) in [6, 6.07) is 6.39. The van der Waals surface area contributed by atoms with Crippen molar-refractivity contribution in [3.8, 4) is 17.6 Å². The number of aromatic hydroxyl groups is 1. The maximum absolute atomic E-state index is 11.3. The molecule has 0 atom stereocenters. The lowest BCUT2D eigenvalue weighted by atomic mass is 10.2. The molecular weight excluding hydrogens is 204 g/mol. The molecule has 0 aliphatic heterocycles. The maximum atomic E-state index is 11.3. The molecule has 0 saturated heterocycles. The largest absolute Gasteiger partial charge is 0.508 e. The second-order valence-electron chi connectivity index (χ2n) is 4.30. The van der Waals surface area contributed by atoms with Gasteiger partial charge in [0.25, 0.3) is 0 Å². The van der Waals surface area contributed by atoms with Gasteiger partial charge < -0.3 is 9.84 Å². The summed E-state index contributed by atoms with van der Waals surface area (Å²) in [5.41, 5.74) is 0.0378. The van der Waals surface area contributed by atoms with Gasteiger partial charge in [-0.3, -0.25) is 0 Å². The molecule has 0 amide bonds. The SMILES string of the molecule is CC(C)(C)OC(=O)C#Cc1cccc(O)c1. The quantitative estimate of drug-likeness (QED) is 0.535. The Morgan fingerprint density at radius 2 is 2.06 bits per heavy atom. The third-order valence-electron chi connectivity index (χ3n) is 1.55. The van der Waals surface area contributed by atoms with E-state index < -0.39 is 11.6 Å². The van der Waals surface area contributed by atoms with Crippen LogP contribution >= 0.6 is 0 Å². The van der Waals surface area contributed by atoms with Gasteiger partial charge in [-0.05, 0) is 39.0 Å². The number of ether oxygens (including phenoxy) is 1. The molecule has 0 aliphatic rings. The van der Waals surface area contributed by atoms with Gasteiger partial charge in [0.2, 0.25) is 0 Å². The number of phenols is 1. The highest BCUT2D eigenvalue weighted by Gasteiger charge is 2.14. The van der Waals surface area contributed by atoms with E-state index in [1.54, 1.807) is 39.0 Å². The zero-order valence-electron chi connectivity index (χ0n) is 9.57. The lowest BCUT2D eigenvalue weighted by molar-refractivity contribution is -0.147. The molecule has 1 N–H and O–H groups in total. The molecule has 3 heteroatoms. The predicted molar refractivity (Wildman–Crippen MR) is 60.8 cm³/mol. The van der Waals surface area contributed by atoms with E-state index in [2.05, 4.69) is 11.8 Å². The number of rotatable bonds is 0. The van der Waals surface area contributed by atoms with Crippen molar-refractivity contribution >= 4 is 5.97 Å². The van der Waals surface area contributed by atoms with E-state index in [4.69, 9.17) is 4.74 Å². The highest BCUT2D eigenvalue weighted by Crippen LogP contribution is 2.10. The van der Waals surface area contributed by atoms with Crippen LogP contribution < -0.4 is 0 Å². The number of hydrogen-bond acceptors (Lipinski definition) is 3. The van der Waals surface area contributed by atoms with Crippen molar-refractivity contribution in [2.45, 2.75) is 26.4 Å². The van der Waals surface area contributed by atoms with Gasteiger partial charge in [0.05, 0.1) is 0 Å². The molecule has 84 valence electrons. The van der Waals surface area contributed by atoms with E-state index in [-0.39, 0.29) is 5.75 Å². The fraction of sp³-hybridized carbons (Fsp3) is 0.308. The van der Waals surface area contributed by atoms with Crippen molar-refractivity contribution in [1.29, 1.82) is 0 Å². The molecule has 0 aromatic heterocycles. The fourth-order valence-electron chi connectivity index (χ4n) is 1.01.